The lowest BCUT2D eigenvalue weighted by atomic mass is 10.1. The Balaban J connectivity index is 1.75. The number of aromatic nitrogens is 2. The van der Waals surface area contributed by atoms with Gasteiger partial charge >= 0.3 is 6.18 Å². The second kappa shape index (κ2) is 6.78. The first-order valence-electron chi connectivity index (χ1n) is 8.68. The van der Waals surface area contributed by atoms with Gasteiger partial charge in [0.05, 0.1) is 12.5 Å². The monoisotopic (exact) mass is 365 g/mol. The third-order valence-corrected chi connectivity index (χ3v) is 4.64. The molecule has 1 aromatic heterocycles. The molecule has 1 saturated carbocycles. The standard InChI is InChI=1S/C19H22F3N3O/c1-11-4-5-12(2)15(8-11)23-18(26)13(3)10-25-16(14-6-7-14)9-17(24-25)19(20,21)22/h4-5,8-9,13-14H,6-7,10H2,1-3H3,(H,23,26). The van der Waals surface area contributed by atoms with Gasteiger partial charge in [0.2, 0.25) is 5.91 Å². The number of carbonyl (C=O) groups excluding carboxylic acids is 1. The number of benzene rings is 1. The van der Waals surface area contributed by atoms with Gasteiger partial charge in [0.1, 0.15) is 0 Å². The number of aryl methyl sites for hydroxylation is 2. The largest absolute Gasteiger partial charge is 0.435 e. The molecule has 1 aliphatic carbocycles. The molecule has 0 spiro atoms. The normalized spacial score (nSPS) is 15.8. The zero-order valence-corrected chi connectivity index (χ0v) is 15.0. The minimum Gasteiger partial charge on any atom is -0.326 e. The Hall–Kier alpha value is -2.31. The van der Waals surface area contributed by atoms with E-state index in [1.165, 1.54) is 4.68 Å². The molecular weight excluding hydrogens is 343 g/mol. The van der Waals surface area contributed by atoms with Crippen molar-refractivity contribution in [1.29, 1.82) is 0 Å². The molecule has 26 heavy (non-hydrogen) atoms. The molecule has 3 rings (SSSR count). The van der Waals surface area contributed by atoms with Crippen LogP contribution in [0.2, 0.25) is 0 Å². The van der Waals surface area contributed by atoms with Gasteiger partial charge in [0, 0.05) is 17.3 Å². The molecule has 4 nitrogen and oxygen atoms in total. The van der Waals surface area contributed by atoms with E-state index in [-0.39, 0.29) is 18.4 Å². The van der Waals surface area contributed by atoms with E-state index in [0.717, 1.165) is 35.7 Å². The summed E-state index contributed by atoms with van der Waals surface area (Å²) in [6, 6.07) is 6.88. The highest BCUT2D eigenvalue weighted by Gasteiger charge is 2.38. The van der Waals surface area contributed by atoms with E-state index < -0.39 is 17.8 Å². The van der Waals surface area contributed by atoms with Crippen LogP contribution in [0, 0.1) is 19.8 Å². The third kappa shape index (κ3) is 4.08. The molecule has 1 N–H and O–H groups in total. The zero-order valence-electron chi connectivity index (χ0n) is 15.0. The first-order valence-corrected chi connectivity index (χ1v) is 8.68. The van der Waals surface area contributed by atoms with Crippen molar-refractivity contribution in [3.05, 3.63) is 46.8 Å². The van der Waals surface area contributed by atoms with Crippen LogP contribution in [0.25, 0.3) is 0 Å². The predicted octanol–water partition coefficient (Wildman–Crippen LogP) is 4.67. The van der Waals surface area contributed by atoms with Crippen molar-refractivity contribution < 1.29 is 18.0 Å². The summed E-state index contributed by atoms with van der Waals surface area (Å²) in [5.41, 5.74) is 2.37. The molecule has 0 saturated heterocycles. The Morgan fingerprint density at radius 2 is 2.00 bits per heavy atom. The van der Waals surface area contributed by atoms with Crippen molar-refractivity contribution in [2.24, 2.45) is 5.92 Å². The fraction of sp³-hybridized carbons (Fsp3) is 0.474. The fourth-order valence-corrected chi connectivity index (χ4v) is 2.89. The number of nitrogens with one attached hydrogen (secondary N) is 1. The molecule has 7 heteroatoms. The SMILES string of the molecule is Cc1ccc(C)c(NC(=O)C(C)Cn2nc(C(F)(F)F)cc2C2CC2)c1. The maximum absolute atomic E-state index is 13.0. The van der Waals surface area contributed by atoms with Crippen LogP contribution in [0.3, 0.4) is 0 Å². The topological polar surface area (TPSA) is 46.9 Å². The lowest BCUT2D eigenvalue weighted by molar-refractivity contribution is -0.141. The second-order valence-electron chi connectivity index (χ2n) is 7.12. The molecule has 1 unspecified atom stereocenters. The summed E-state index contributed by atoms with van der Waals surface area (Å²) < 4.78 is 40.3. The summed E-state index contributed by atoms with van der Waals surface area (Å²) in [5, 5.41) is 6.59. The first-order chi connectivity index (χ1) is 12.1. The Morgan fingerprint density at radius 1 is 1.31 bits per heavy atom. The Labute approximate surface area is 150 Å². The predicted molar refractivity (Wildman–Crippen MR) is 92.9 cm³/mol. The summed E-state index contributed by atoms with van der Waals surface area (Å²) in [6.07, 6.45) is -2.74. The van der Waals surface area contributed by atoms with Crippen LogP contribution in [0.15, 0.2) is 24.3 Å². The van der Waals surface area contributed by atoms with Crippen LogP contribution in [0.5, 0.6) is 0 Å². The summed E-state index contributed by atoms with van der Waals surface area (Å²) in [4.78, 5) is 12.5. The van der Waals surface area contributed by atoms with Gasteiger partial charge in [-0.25, -0.2) is 0 Å². The Bertz CT molecular complexity index is 822. The summed E-state index contributed by atoms with van der Waals surface area (Å²) >= 11 is 0. The molecule has 1 fully saturated rings. The lowest BCUT2D eigenvalue weighted by Crippen LogP contribution is -2.26. The van der Waals surface area contributed by atoms with Crippen LogP contribution in [0.4, 0.5) is 18.9 Å². The highest BCUT2D eigenvalue weighted by molar-refractivity contribution is 5.93. The number of anilines is 1. The first kappa shape index (κ1) is 18.5. The summed E-state index contributed by atoms with van der Waals surface area (Å²) in [6.45, 7) is 5.65. The average molecular weight is 365 g/mol. The van der Waals surface area contributed by atoms with Gasteiger partial charge in [-0.1, -0.05) is 19.1 Å². The molecule has 0 aliphatic heterocycles. The molecule has 0 radical (unpaired) electrons. The van der Waals surface area contributed by atoms with E-state index in [4.69, 9.17) is 0 Å². The molecule has 2 aromatic rings. The van der Waals surface area contributed by atoms with E-state index in [9.17, 15) is 18.0 Å². The molecule has 140 valence electrons. The molecule has 1 atom stereocenters. The van der Waals surface area contributed by atoms with Crippen molar-refractivity contribution in [3.8, 4) is 0 Å². The molecular formula is C19H22F3N3O. The number of alkyl halides is 3. The summed E-state index contributed by atoms with van der Waals surface area (Å²) in [7, 11) is 0. The number of amides is 1. The highest BCUT2D eigenvalue weighted by atomic mass is 19.4. The van der Waals surface area contributed by atoms with Gasteiger partial charge in [-0.05, 0) is 49.9 Å². The third-order valence-electron chi connectivity index (χ3n) is 4.64. The Morgan fingerprint density at radius 3 is 2.62 bits per heavy atom. The van der Waals surface area contributed by atoms with Crippen LogP contribution >= 0.6 is 0 Å². The number of hydrogen-bond donors (Lipinski definition) is 1. The van der Waals surface area contributed by atoms with Gasteiger partial charge < -0.3 is 5.32 Å². The highest BCUT2D eigenvalue weighted by Crippen LogP contribution is 2.42. The molecule has 1 aromatic carbocycles. The fourth-order valence-electron chi connectivity index (χ4n) is 2.89. The van der Waals surface area contributed by atoms with Crippen LogP contribution in [-0.4, -0.2) is 15.7 Å². The Kier molecular flexibility index (Phi) is 4.82. The van der Waals surface area contributed by atoms with Crippen molar-refractivity contribution in [2.45, 2.75) is 52.3 Å². The quantitative estimate of drug-likeness (QED) is 0.837. The van der Waals surface area contributed by atoms with Gasteiger partial charge in [-0.15, -0.1) is 0 Å². The van der Waals surface area contributed by atoms with Crippen LogP contribution in [0.1, 0.15) is 48.2 Å². The van der Waals surface area contributed by atoms with Gasteiger partial charge in [-0.3, -0.25) is 9.48 Å². The molecule has 1 heterocycles. The molecule has 1 amide bonds. The minimum atomic E-state index is -4.47. The smallest absolute Gasteiger partial charge is 0.326 e. The van der Waals surface area contributed by atoms with E-state index in [1.807, 2.05) is 32.0 Å². The molecule has 0 bridgehead atoms. The lowest BCUT2D eigenvalue weighted by Gasteiger charge is -2.16. The summed E-state index contributed by atoms with van der Waals surface area (Å²) in [5.74, 6) is -0.620. The van der Waals surface area contributed by atoms with Crippen LogP contribution in [-0.2, 0) is 17.5 Å². The van der Waals surface area contributed by atoms with Crippen molar-refractivity contribution in [2.75, 3.05) is 5.32 Å². The number of hydrogen-bond acceptors (Lipinski definition) is 2. The minimum absolute atomic E-state index is 0.118. The zero-order chi connectivity index (χ0) is 19.1. The van der Waals surface area contributed by atoms with Crippen molar-refractivity contribution >= 4 is 11.6 Å². The van der Waals surface area contributed by atoms with E-state index >= 15 is 0 Å². The van der Waals surface area contributed by atoms with Gasteiger partial charge in [-0.2, -0.15) is 18.3 Å². The van der Waals surface area contributed by atoms with Crippen molar-refractivity contribution in [1.82, 2.24) is 9.78 Å². The van der Waals surface area contributed by atoms with Gasteiger partial charge in [0.15, 0.2) is 5.69 Å². The van der Waals surface area contributed by atoms with E-state index in [0.29, 0.717) is 5.69 Å². The van der Waals surface area contributed by atoms with E-state index in [1.54, 1.807) is 6.92 Å². The second-order valence-corrected chi connectivity index (χ2v) is 7.12. The average Bonchev–Trinajstić information content (AvgIpc) is 3.30. The van der Waals surface area contributed by atoms with Crippen LogP contribution < -0.4 is 5.32 Å². The number of rotatable bonds is 5. The van der Waals surface area contributed by atoms with Gasteiger partial charge in [0.25, 0.3) is 0 Å². The maximum Gasteiger partial charge on any atom is 0.435 e. The number of halogens is 3. The van der Waals surface area contributed by atoms with Crippen molar-refractivity contribution in [3.63, 3.8) is 0 Å². The number of nitrogens with zero attached hydrogens (tertiary/aromatic N) is 2. The molecule has 1 aliphatic rings. The van der Waals surface area contributed by atoms with E-state index in [2.05, 4.69) is 10.4 Å². The maximum atomic E-state index is 13.0. The number of carbonyl (C=O) groups is 1.